The molecular formula is C38H52I2N6O5. The molecule has 0 radical (unpaired) electrons. The molecule has 2 fully saturated rings. The summed E-state index contributed by atoms with van der Waals surface area (Å²) in [6.07, 6.45) is 1.85. The first kappa shape index (κ1) is 39.9. The number of nitrogens with zero attached hydrogens (tertiary/aromatic N) is 3. The number of ether oxygens (including phenoxy) is 3. The Morgan fingerprint density at radius 1 is 0.863 bits per heavy atom. The average molecular weight is 927 g/mol. The second-order valence-electron chi connectivity index (χ2n) is 15.8. The van der Waals surface area contributed by atoms with Gasteiger partial charge >= 0.3 is 5.97 Å². The van der Waals surface area contributed by atoms with Crippen molar-refractivity contribution in [1.29, 1.82) is 0 Å². The van der Waals surface area contributed by atoms with Gasteiger partial charge < -0.3 is 34.4 Å². The number of halogens is 2. The Balaban J connectivity index is 0.000000216. The number of imidazole rings is 2. The molecular weight excluding hydrogens is 874 g/mol. The topological polar surface area (TPSA) is 134 Å². The van der Waals surface area contributed by atoms with Crippen LogP contribution in [-0.4, -0.2) is 80.3 Å². The van der Waals surface area contributed by atoms with E-state index in [2.05, 4.69) is 104 Å². The fourth-order valence-electron chi connectivity index (χ4n) is 6.80. The summed E-state index contributed by atoms with van der Waals surface area (Å²) in [6.45, 7) is 17.6. The van der Waals surface area contributed by atoms with Crippen LogP contribution in [0.5, 0.6) is 0 Å². The number of hydrogen-bond donors (Lipinski definition) is 3. The third kappa shape index (κ3) is 10.6. The summed E-state index contributed by atoms with van der Waals surface area (Å²) < 4.78 is 19.5. The lowest BCUT2D eigenvalue weighted by Crippen LogP contribution is -2.40. The molecule has 0 aliphatic carbocycles. The zero-order chi connectivity index (χ0) is 37.2. The molecule has 3 N–H and O–H groups in total. The molecule has 1 amide bonds. The number of carbonyl (C=O) groups is 2. The molecule has 4 heterocycles. The standard InChI is InChI=1S/C23H32IN3O4.C15H20IN3O/c1-13(2)16(11-20(28)30-6)22(29)27-12-15(31-23(3,4)5)10-19(27)21-25-17-8-7-14(24)9-18(17)26-21;1-15(2,3)20-10-7-13(17-8-10)14-18-11-5-4-9(16)6-12(11)19-14/h7-9,13,15-16,19H,10-12H2,1-6H3,(H,25,26);4-6,10,13,17H,7-8H2,1-3H3,(H,18,19)/t15-,16+,19?;10-,13?/m11/s1. The normalized spacial score (nSPS) is 21.7. The van der Waals surface area contributed by atoms with Gasteiger partial charge in [0.1, 0.15) is 11.6 Å². The Morgan fingerprint density at radius 3 is 1.96 bits per heavy atom. The number of likely N-dealkylation sites (tertiary alicyclic amines) is 1. The van der Waals surface area contributed by atoms with Gasteiger partial charge in [-0.25, -0.2) is 9.97 Å². The lowest BCUT2D eigenvalue weighted by molar-refractivity contribution is -0.148. The van der Waals surface area contributed by atoms with Crippen LogP contribution >= 0.6 is 45.2 Å². The van der Waals surface area contributed by atoms with Crippen LogP contribution in [-0.2, 0) is 23.8 Å². The van der Waals surface area contributed by atoms with Crippen LogP contribution in [0, 0.1) is 19.0 Å². The highest BCUT2D eigenvalue weighted by atomic mass is 127. The SMILES string of the molecule is CC(C)(C)O[C@H]1CNC(c2nc3ccc(I)cc3[nH]2)C1.COC(=O)C[C@H](C(=O)N1C[C@H](OC(C)(C)C)CC1c1nc2ccc(I)cc2[nH]1)C(C)C. The number of benzene rings is 2. The second kappa shape index (κ2) is 16.4. The van der Waals surface area contributed by atoms with Crippen molar-refractivity contribution in [3.63, 3.8) is 0 Å². The molecule has 278 valence electrons. The van der Waals surface area contributed by atoms with E-state index < -0.39 is 5.92 Å². The molecule has 4 aromatic rings. The molecule has 2 unspecified atom stereocenters. The largest absolute Gasteiger partial charge is 0.469 e. The Bertz CT molecular complexity index is 1830. The van der Waals surface area contributed by atoms with Crippen molar-refractivity contribution < 1.29 is 23.8 Å². The van der Waals surface area contributed by atoms with E-state index in [0.29, 0.717) is 13.0 Å². The van der Waals surface area contributed by atoms with Gasteiger partial charge in [0.2, 0.25) is 5.91 Å². The fourth-order valence-corrected chi connectivity index (χ4v) is 7.78. The third-order valence-corrected chi connectivity index (χ3v) is 10.3. The van der Waals surface area contributed by atoms with Crippen molar-refractivity contribution >= 4 is 79.1 Å². The Kier molecular flexibility index (Phi) is 12.8. The van der Waals surface area contributed by atoms with Gasteiger partial charge in [-0.05, 0) is 135 Å². The maximum absolute atomic E-state index is 13.6. The van der Waals surface area contributed by atoms with E-state index in [-0.39, 0.29) is 59.7 Å². The third-order valence-electron chi connectivity index (χ3n) is 8.98. The Hall–Kier alpha value is -2.34. The molecule has 13 heteroatoms. The molecule has 0 bridgehead atoms. The van der Waals surface area contributed by atoms with Gasteiger partial charge in [-0.2, -0.15) is 0 Å². The van der Waals surface area contributed by atoms with E-state index in [1.54, 1.807) is 0 Å². The number of carbonyl (C=O) groups excluding carboxylic acids is 2. The summed E-state index contributed by atoms with van der Waals surface area (Å²) in [5.74, 6) is 0.901. The Morgan fingerprint density at radius 2 is 1.41 bits per heavy atom. The number of nitrogens with one attached hydrogen (secondary N) is 3. The van der Waals surface area contributed by atoms with E-state index in [4.69, 9.17) is 19.2 Å². The van der Waals surface area contributed by atoms with Crippen LogP contribution in [0.1, 0.15) is 98.4 Å². The number of hydrogen-bond acceptors (Lipinski definition) is 8. The summed E-state index contributed by atoms with van der Waals surface area (Å²) in [6, 6.07) is 12.3. The summed E-state index contributed by atoms with van der Waals surface area (Å²) in [5, 5.41) is 3.50. The highest BCUT2D eigenvalue weighted by Gasteiger charge is 2.43. The number of aromatic nitrogens is 4. The highest BCUT2D eigenvalue weighted by Crippen LogP contribution is 2.37. The molecule has 51 heavy (non-hydrogen) atoms. The van der Waals surface area contributed by atoms with Crippen LogP contribution in [0.2, 0.25) is 0 Å². The van der Waals surface area contributed by atoms with Crippen LogP contribution in [0.25, 0.3) is 22.1 Å². The minimum Gasteiger partial charge on any atom is -0.469 e. The summed E-state index contributed by atoms with van der Waals surface area (Å²) in [7, 11) is 1.35. The molecule has 2 aliphatic heterocycles. The van der Waals surface area contributed by atoms with Crippen LogP contribution in [0.4, 0.5) is 0 Å². The van der Waals surface area contributed by atoms with E-state index in [0.717, 1.165) is 50.3 Å². The first-order valence-corrected chi connectivity index (χ1v) is 19.8. The van der Waals surface area contributed by atoms with Crippen molar-refractivity contribution in [1.82, 2.24) is 30.2 Å². The number of aromatic amines is 2. The predicted octanol–water partition coefficient (Wildman–Crippen LogP) is 7.85. The van der Waals surface area contributed by atoms with Crippen LogP contribution in [0.3, 0.4) is 0 Å². The van der Waals surface area contributed by atoms with Crippen molar-refractivity contribution in [2.24, 2.45) is 11.8 Å². The zero-order valence-corrected chi connectivity index (χ0v) is 35.4. The minimum absolute atomic E-state index is 0.00656. The fraction of sp³-hybridized carbons (Fsp3) is 0.579. The van der Waals surface area contributed by atoms with Gasteiger partial charge in [0.05, 0.1) is 77.0 Å². The van der Waals surface area contributed by atoms with Crippen molar-refractivity contribution in [3.05, 3.63) is 55.2 Å². The van der Waals surface area contributed by atoms with Crippen molar-refractivity contribution in [2.75, 3.05) is 20.2 Å². The number of esters is 1. The first-order valence-electron chi connectivity index (χ1n) is 17.7. The van der Waals surface area contributed by atoms with Gasteiger partial charge in [0.25, 0.3) is 0 Å². The van der Waals surface area contributed by atoms with Gasteiger partial charge in [0, 0.05) is 26.7 Å². The van der Waals surface area contributed by atoms with Gasteiger partial charge in [-0.1, -0.05) is 13.8 Å². The lowest BCUT2D eigenvalue weighted by Gasteiger charge is -2.29. The summed E-state index contributed by atoms with van der Waals surface area (Å²) >= 11 is 4.59. The monoisotopic (exact) mass is 926 g/mol. The van der Waals surface area contributed by atoms with Crippen LogP contribution < -0.4 is 5.32 Å². The Labute approximate surface area is 328 Å². The smallest absolute Gasteiger partial charge is 0.306 e. The molecule has 2 aromatic carbocycles. The van der Waals surface area contributed by atoms with Gasteiger partial charge in [-0.15, -0.1) is 0 Å². The molecule has 6 rings (SSSR count). The molecule has 5 atom stereocenters. The van der Waals surface area contributed by atoms with E-state index in [9.17, 15) is 9.59 Å². The van der Waals surface area contributed by atoms with E-state index in [1.807, 2.05) is 57.7 Å². The van der Waals surface area contributed by atoms with Crippen molar-refractivity contribution in [3.8, 4) is 0 Å². The highest BCUT2D eigenvalue weighted by molar-refractivity contribution is 14.1. The minimum atomic E-state index is -0.450. The number of rotatable bonds is 8. The molecule has 2 aliphatic rings. The average Bonchev–Trinajstić information content (AvgIpc) is 3.83. The zero-order valence-electron chi connectivity index (χ0n) is 31.1. The molecule has 0 spiro atoms. The molecule has 0 saturated carbocycles. The number of fused-ring (bicyclic) bond motifs is 2. The predicted molar refractivity (Wildman–Crippen MR) is 216 cm³/mol. The van der Waals surface area contributed by atoms with Crippen molar-refractivity contribution in [2.45, 2.75) is 110 Å². The molecule has 2 saturated heterocycles. The maximum atomic E-state index is 13.6. The summed E-state index contributed by atoms with van der Waals surface area (Å²) in [4.78, 5) is 43.7. The number of amides is 1. The van der Waals surface area contributed by atoms with E-state index >= 15 is 0 Å². The van der Waals surface area contributed by atoms with Crippen LogP contribution in [0.15, 0.2) is 36.4 Å². The number of H-pyrrole nitrogens is 2. The maximum Gasteiger partial charge on any atom is 0.306 e. The molecule has 11 nitrogen and oxygen atoms in total. The molecule has 2 aromatic heterocycles. The lowest BCUT2D eigenvalue weighted by atomic mass is 9.91. The second-order valence-corrected chi connectivity index (χ2v) is 18.3. The number of methoxy groups -OCH3 is 1. The van der Waals surface area contributed by atoms with Gasteiger partial charge in [-0.3, -0.25) is 9.59 Å². The summed E-state index contributed by atoms with van der Waals surface area (Å²) in [5.41, 5.74) is 3.55. The van der Waals surface area contributed by atoms with Gasteiger partial charge in [0.15, 0.2) is 0 Å². The first-order chi connectivity index (χ1) is 23.9. The quantitative estimate of drug-likeness (QED) is 0.120. The van der Waals surface area contributed by atoms with E-state index in [1.165, 1.54) is 10.7 Å².